The van der Waals surface area contributed by atoms with E-state index in [-0.39, 0.29) is 60.0 Å². The highest BCUT2D eigenvalue weighted by Gasteiger charge is 2.66. The molecule has 0 radical (unpaired) electrons. The molecule has 4 heterocycles. The van der Waals surface area contributed by atoms with Gasteiger partial charge in [0.2, 0.25) is 0 Å². The van der Waals surface area contributed by atoms with Crippen LogP contribution in [0.3, 0.4) is 0 Å². The Morgan fingerprint density at radius 3 is 2.67 bits per heavy atom. The van der Waals surface area contributed by atoms with Crippen LogP contribution in [0.2, 0.25) is 0 Å². The van der Waals surface area contributed by atoms with Crippen molar-refractivity contribution in [3.8, 4) is 0 Å². The van der Waals surface area contributed by atoms with Crippen LogP contribution in [0.15, 0.2) is 36.7 Å². The molecule has 206 valence electrons. The molecule has 3 aliphatic heterocycles. The second kappa shape index (κ2) is 9.32. The number of benzene rings is 1. The molecule has 2 saturated heterocycles. The summed E-state index contributed by atoms with van der Waals surface area (Å²) in [4.78, 5) is 38.7. The second-order valence-corrected chi connectivity index (χ2v) is 10.7. The van der Waals surface area contributed by atoms with E-state index in [4.69, 9.17) is 4.74 Å². The number of anilines is 2. The fourth-order valence-corrected chi connectivity index (χ4v) is 5.95. The Hall–Kier alpha value is -4.02. The van der Waals surface area contributed by atoms with Gasteiger partial charge in [0.25, 0.3) is 5.91 Å². The summed E-state index contributed by atoms with van der Waals surface area (Å²) >= 11 is 0.759. The van der Waals surface area contributed by atoms with Crippen molar-refractivity contribution >= 4 is 39.7 Å². The number of rotatable bonds is 5. The van der Waals surface area contributed by atoms with Gasteiger partial charge in [-0.2, -0.15) is 0 Å². The standard InChI is InChI=1S/C23H24F2N8O5S/c1-28-26-5-7-32(28)18-12-23(18)13-30(22(35)38-23)14-10-15(24)20(16(25)11-14)29-6-4-27-31(9-8-29)21(34)17-2-3-19(39-17)33(36)37/h2-3,5,7,10-11,18,26-27H,4,6,8-9,12-13H2,1H3/t18-,23-/m0/s1. The molecule has 1 aliphatic carbocycles. The van der Waals surface area contributed by atoms with Gasteiger partial charge >= 0.3 is 11.1 Å². The Morgan fingerprint density at radius 2 is 2.00 bits per heavy atom. The van der Waals surface area contributed by atoms with Crippen molar-refractivity contribution in [3.63, 3.8) is 0 Å². The number of ether oxygens (including phenoxy) is 1. The highest BCUT2D eigenvalue weighted by Crippen LogP contribution is 2.50. The Labute approximate surface area is 224 Å². The van der Waals surface area contributed by atoms with Crippen LogP contribution in [-0.4, -0.2) is 83.5 Å². The molecule has 2 atom stereocenters. The van der Waals surface area contributed by atoms with Crippen molar-refractivity contribution in [1.29, 1.82) is 0 Å². The Balaban J connectivity index is 1.14. The molecule has 2 amide bonds. The lowest BCUT2D eigenvalue weighted by Crippen LogP contribution is -2.43. The van der Waals surface area contributed by atoms with Crippen LogP contribution in [0, 0.1) is 21.7 Å². The Kier molecular flexibility index (Phi) is 6.04. The van der Waals surface area contributed by atoms with Crippen LogP contribution in [0.4, 0.5) is 30.0 Å². The van der Waals surface area contributed by atoms with Gasteiger partial charge in [-0.05, 0) is 6.07 Å². The summed E-state index contributed by atoms with van der Waals surface area (Å²) in [7, 11) is 1.83. The monoisotopic (exact) mass is 562 g/mol. The summed E-state index contributed by atoms with van der Waals surface area (Å²) in [6, 6.07) is 4.78. The zero-order valence-electron chi connectivity index (χ0n) is 20.7. The Morgan fingerprint density at radius 1 is 1.23 bits per heavy atom. The van der Waals surface area contributed by atoms with Gasteiger partial charge in [0.1, 0.15) is 10.6 Å². The van der Waals surface area contributed by atoms with E-state index in [1.807, 2.05) is 18.3 Å². The number of nitro groups is 1. The zero-order chi connectivity index (χ0) is 27.5. The van der Waals surface area contributed by atoms with E-state index in [0.29, 0.717) is 6.42 Å². The number of thiophene rings is 1. The van der Waals surface area contributed by atoms with Crippen molar-refractivity contribution < 1.29 is 28.0 Å². The summed E-state index contributed by atoms with van der Waals surface area (Å²) in [5, 5.41) is 15.7. The fourth-order valence-electron chi connectivity index (χ4n) is 5.18. The van der Waals surface area contributed by atoms with E-state index in [9.17, 15) is 19.7 Å². The third-order valence-electron chi connectivity index (χ3n) is 7.21. The van der Waals surface area contributed by atoms with Crippen molar-refractivity contribution in [2.45, 2.75) is 18.1 Å². The fraction of sp³-hybridized carbons (Fsp3) is 0.391. The molecular weight excluding hydrogens is 538 g/mol. The smallest absolute Gasteiger partial charge is 0.415 e. The number of carbonyl (C=O) groups excluding carboxylic acids is 2. The number of nitrogens with one attached hydrogen (secondary N) is 2. The van der Waals surface area contributed by atoms with Crippen LogP contribution in [0.1, 0.15) is 16.1 Å². The largest absolute Gasteiger partial charge is 0.438 e. The van der Waals surface area contributed by atoms with Gasteiger partial charge in [-0.3, -0.25) is 29.8 Å². The average molecular weight is 563 g/mol. The quantitative estimate of drug-likeness (QED) is 0.413. The maximum absolute atomic E-state index is 15.3. The van der Waals surface area contributed by atoms with Crippen LogP contribution >= 0.6 is 11.3 Å². The van der Waals surface area contributed by atoms with Crippen molar-refractivity contribution in [2.75, 3.05) is 49.6 Å². The van der Waals surface area contributed by atoms with E-state index in [2.05, 4.69) is 10.9 Å². The molecule has 3 fully saturated rings. The van der Waals surface area contributed by atoms with E-state index in [1.165, 1.54) is 26.9 Å². The highest BCUT2D eigenvalue weighted by atomic mass is 32.1. The molecule has 1 saturated carbocycles. The highest BCUT2D eigenvalue weighted by molar-refractivity contribution is 7.17. The number of amides is 2. The minimum absolute atomic E-state index is 0.0637. The van der Waals surface area contributed by atoms with Gasteiger partial charge in [0.15, 0.2) is 17.2 Å². The van der Waals surface area contributed by atoms with E-state index >= 15 is 8.78 Å². The summed E-state index contributed by atoms with van der Waals surface area (Å²) in [5.74, 6) is -2.14. The lowest BCUT2D eigenvalue weighted by molar-refractivity contribution is -0.380. The van der Waals surface area contributed by atoms with E-state index in [0.717, 1.165) is 23.5 Å². The van der Waals surface area contributed by atoms with Gasteiger partial charge in [-0.25, -0.2) is 19.0 Å². The Bertz CT molecular complexity index is 1370. The number of hydrogen-bond donors (Lipinski definition) is 2. The van der Waals surface area contributed by atoms with Crippen molar-refractivity contribution in [3.05, 3.63) is 63.3 Å². The van der Waals surface area contributed by atoms with Gasteiger partial charge < -0.3 is 15.1 Å². The van der Waals surface area contributed by atoms with Crippen molar-refractivity contribution in [1.82, 2.24) is 26.0 Å². The maximum atomic E-state index is 15.3. The third-order valence-corrected chi connectivity index (χ3v) is 8.24. The molecule has 13 nitrogen and oxygen atoms in total. The van der Waals surface area contributed by atoms with E-state index < -0.39 is 34.2 Å². The van der Waals surface area contributed by atoms with Gasteiger partial charge in [0.05, 0.1) is 29.7 Å². The first-order chi connectivity index (χ1) is 18.7. The first-order valence-corrected chi connectivity index (χ1v) is 13.0. The molecule has 0 unspecified atom stereocenters. The second-order valence-electron chi connectivity index (χ2n) is 9.59. The maximum Gasteiger partial charge on any atom is 0.415 e. The molecule has 2 N–H and O–H groups in total. The number of hydrazine groups is 3. The minimum Gasteiger partial charge on any atom is -0.438 e. The van der Waals surface area contributed by atoms with E-state index in [1.54, 1.807) is 11.3 Å². The number of halogens is 2. The lowest BCUT2D eigenvalue weighted by atomic mass is 10.2. The number of nitrogens with zero attached hydrogens (tertiary/aromatic N) is 6. The topological polar surface area (TPSA) is 127 Å². The molecule has 1 aromatic heterocycles. The summed E-state index contributed by atoms with van der Waals surface area (Å²) < 4.78 is 36.3. The predicted molar refractivity (Wildman–Crippen MR) is 135 cm³/mol. The number of carbonyl (C=O) groups is 2. The van der Waals surface area contributed by atoms with Crippen LogP contribution < -0.4 is 20.7 Å². The minimum atomic E-state index is -0.842. The molecule has 39 heavy (non-hydrogen) atoms. The molecule has 0 bridgehead atoms. The third kappa shape index (κ3) is 4.39. The average Bonchev–Trinajstić information content (AvgIpc) is 3.16. The van der Waals surface area contributed by atoms with Gasteiger partial charge in [0, 0.05) is 63.7 Å². The molecule has 4 aliphatic rings. The van der Waals surface area contributed by atoms with Crippen LogP contribution in [0.25, 0.3) is 0 Å². The molecule has 1 aromatic carbocycles. The lowest BCUT2D eigenvalue weighted by Gasteiger charge is -2.26. The molecular formula is C23H24F2N8O5S. The normalized spacial score (nSPS) is 24.8. The van der Waals surface area contributed by atoms with Crippen LogP contribution in [0.5, 0.6) is 0 Å². The van der Waals surface area contributed by atoms with Gasteiger partial charge in [-0.1, -0.05) is 11.3 Å². The molecule has 16 heteroatoms. The first kappa shape index (κ1) is 25.3. The molecule has 6 rings (SSSR count). The molecule has 2 aromatic rings. The van der Waals surface area contributed by atoms with Gasteiger partial charge in [-0.15, -0.1) is 5.12 Å². The summed E-state index contributed by atoms with van der Waals surface area (Å²) in [6.07, 6.45) is 3.51. The predicted octanol–water partition coefficient (Wildman–Crippen LogP) is 2.01. The summed E-state index contributed by atoms with van der Waals surface area (Å²) in [5.41, 5.74) is 4.96. The van der Waals surface area contributed by atoms with Crippen molar-refractivity contribution in [2.24, 2.45) is 0 Å². The SMILES string of the molecule is CN1NC=CN1[C@H]1C[C@]12CN(c1cc(F)c(N3CCNN(C(=O)c4ccc([N+](=O)[O-])s4)CC3)c(F)c1)C(=O)O2. The molecule has 1 spiro atoms. The van der Waals surface area contributed by atoms with Crippen LogP contribution in [-0.2, 0) is 4.74 Å². The first-order valence-electron chi connectivity index (χ1n) is 12.2. The zero-order valence-corrected chi connectivity index (χ0v) is 21.5. The summed E-state index contributed by atoms with van der Waals surface area (Å²) in [6.45, 7) is 0.764. The number of hydrogen-bond acceptors (Lipinski definition) is 11.